The van der Waals surface area contributed by atoms with Crippen LogP contribution in [0.15, 0.2) is 0 Å². The van der Waals surface area contributed by atoms with E-state index >= 15 is 0 Å². The van der Waals surface area contributed by atoms with Crippen LogP contribution in [0, 0.1) is 0 Å². The van der Waals surface area contributed by atoms with Crippen molar-refractivity contribution in [3.05, 3.63) is 0 Å². The summed E-state index contributed by atoms with van der Waals surface area (Å²) in [6.45, 7) is -0.826. The fourth-order valence-electron chi connectivity index (χ4n) is 1.32. The molecule has 1 aliphatic heterocycles. The number of carboxylic acid groups (broad SMARTS) is 1. The molecule has 0 aromatic rings. The van der Waals surface area contributed by atoms with E-state index in [-0.39, 0.29) is 18.4 Å². The fourth-order valence-corrected chi connectivity index (χ4v) is 1.32. The molecule has 0 spiro atoms. The van der Waals surface area contributed by atoms with Crippen molar-refractivity contribution in [1.82, 2.24) is 16.0 Å². The molecule has 100 valence electrons. The van der Waals surface area contributed by atoms with Crippen LogP contribution >= 0.6 is 0 Å². The first-order valence-electron chi connectivity index (χ1n) is 5.14. The minimum absolute atomic E-state index is 0.164. The lowest BCUT2D eigenvalue weighted by Crippen LogP contribution is -2.46. The summed E-state index contributed by atoms with van der Waals surface area (Å²) in [5.74, 6) is -2.13. The quantitative estimate of drug-likeness (QED) is 0.443. The lowest BCUT2D eigenvalue weighted by molar-refractivity contribution is -0.143. The number of rotatable bonds is 5. The summed E-state index contributed by atoms with van der Waals surface area (Å²) in [6.07, 6.45) is 0.164. The number of hydrogen-bond acceptors (Lipinski definition) is 5. The highest BCUT2D eigenvalue weighted by molar-refractivity contribution is 5.95. The number of imide groups is 1. The predicted molar refractivity (Wildman–Crippen MR) is 56.5 cm³/mol. The summed E-state index contributed by atoms with van der Waals surface area (Å²) in [5, 5.41) is 15.1. The number of hydrogen-bond donors (Lipinski definition) is 4. The van der Waals surface area contributed by atoms with Crippen molar-refractivity contribution in [2.24, 2.45) is 0 Å². The highest BCUT2D eigenvalue weighted by Gasteiger charge is 2.23. The van der Waals surface area contributed by atoms with Gasteiger partial charge in [0.1, 0.15) is 13.2 Å². The second kappa shape index (κ2) is 6.55. The van der Waals surface area contributed by atoms with Crippen LogP contribution in [0.4, 0.5) is 4.79 Å². The van der Waals surface area contributed by atoms with Crippen LogP contribution in [0.2, 0.25) is 0 Å². The fraction of sp³-hybridized carbons (Fsp3) is 0.556. The Labute approximate surface area is 102 Å². The van der Waals surface area contributed by atoms with E-state index in [1.54, 1.807) is 0 Å². The van der Waals surface area contributed by atoms with Crippen molar-refractivity contribution in [2.45, 2.75) is 12.5 Å². The van der Waals surface area contributed by atoms with Crippen LogP contribution in [-0.2, 0) is 19.1 Å². The molecule has 4 N–H and O–H groups in total. The molecule has 0 aromatic carbocycles. The molecule has 1 fully saturated rings. The van der Waals surface area contributed by atoms with Crippen molar-refractivity contribution >= 4 is 23.8 Å². The number of carbonyl (C=O) groups is 4. The molecule has 1 aliphatic rings. The standard InChI is InChI=1S/C9H13N3O6/c13-6-1-5(2-10-6)11-9(17)12-7(14)3-18-4-8(15)16/h5H,1-4H2,(H,10,13)(H,15,16)(H2,11,12,14,17). The van der Waals surface area contributed by atoms with E-state index in [9.17, 15) is 19.2 Å². The highest BCUT2D eigenvalue weighted by atomic mass is 16.5. The van der Waals surface area contributed by atoms with Gasteiger partial charge in [-0.1, -0.05) is 0 Å². The minimum atomic E-state index is -1.21. The zero-order valence-electron chi connectivity index (χ0n) is 9.39. The molecular weight excluding hydrogens is 246 g/mol. The monoisotopic (exact) mass is 259 g/mol. The average Bonchev–Trinajstić information content (AvgIpc) is 2.62. The van der Waals surface area contributed by atoms with E-state index in [1.165, 1.54) is 0 Å². The Hall–Kier alpha value is -2.16. The third-order valence-electron chi connectivity index (χ3n) is 2.02. The molecule has 0 saturated carbocycles. The van der Waals surface area contributed by atoms with Crippen LogP contribution in [0.1, 0.15) is 6.42 Å². The summed E-state index contributed by atoms with van der Waals surface area (Å²) in [6, 6.07) is -1.11. The normalized spacial score (nSPS) is 18.0. The van der Waals surface area contributed by atoms with E-state index < -0.39 is 31.1 Å². The molecule has 18 heavy (non-hydrogen) atoms. The van der Waals surface area contributed by atoms with Gasteiger partial charge in [0.25, 0.3) is 5.91 Å². The second-order valence-corrected chi connectivity index (χ2v) is 3.61. The maximum Gasteiger partial charge on any atom is 0.329 e. The largest absolute Gasteiger partial charge is 0.480 e. The van der Waals surface area contributed by atoms with E-state index in [0.29, 0.717) is 6.54 Å². The van der Waals surface area contributed by atoms with Crippen LogP contribution in [0.25, 0.3) is 0 Å². The second-order valence-electron chi connectivity index (χ2n) is 3.61. The predicted octanol–water partition coefficient (Wildman–Crippen LogP) is -2.20. The van der Waals surface area contributed by atoms with Gasteiger partial charge in [-0.25, -0.2) is 9.59 Å². The summed E-state index contributed by atoms with van der Waals surface area (Å²) in [7, 11) is 0. The third-order valence-corrected chi connectivity index (χ3v) is 2.02. The molecule has 9 nitrogen and oxygen atoms in total. The molecular formula is C9H13N3O6. The number of ether oxygens (including phenoxy) is 1. The van der Waals surface area contributed by atoms with E-state index in [4.69, 9.17) is 5.11 Å². The third kappa shape index (κ3) is 5.25. The number of amides is 4. The zero-order chi connectivity index (χ0) is 13.5. The van der Waals surface area contributed by atoms with Gasteiger partial charge in [0.2, 0.25) is 5.91 Å². The summed E-state index contributed by atoms with van der Waals surface area (Å²) >= 11 is 0. The first kappa shape index (κ1) is 13.9. The van der Waals surface area contributed by atoms with Crippen molar-refractivity contribution in [3.63, 3.8) is 0 Å². The van der Waals surface area contributed by atoms with Crippen molar-refractivity contribution in [2.75, 3.05) is 19.8 Å². The van der Waals surface area contributed by atoms with Crippen LogP contribution < -0.4 is 16.0 Å². The maximum absolute atomic E-state index is 11.3. The Morgan fingerprint density at radius 1 is 1.39 bits per heavy atom. The molecule has 0 aromatic heterocycles. The molecule has 9 heteroatoms. The van der Waals surface area contributed by atoms with Crippen LogP contribution in [0.3, 0.4) is 0 Å². The number of carboxylic acids is 1. The Kier molecular flexibility index (Phi) is 5.06. The highest BCUT2D eigenvalue weighted by Crippen LogP contribution is 1.98. The Balaban J connectivity index is 2.17. The van der Waals surface area contributed by atoms with Gasteiger partial charge in [0, 0.05) is 13.0 Å². The molecule has 4 amide bonds. The van der Waals surface area contributed by atoms with Gasteiger partial charge in [0.05, 0.1) is 6.04 Å². The Morgan fingerprint density at radius 2 is 2.11 bits per heavy atom. The van der Waals surface area contributed by atoms with E-state index in [2.05, 4.69) is 15.4 Å². The summed E-state index contributed by atoms with van der Waals surface area (Å²) < 4.78 is 4.49. The smallest absolute Gasteiger partial charge is 0.329 e. The first-order valence-corrected chi connectivity index (χ1v) is 5.14. The van der Waals surface area contributed by atoms with Gasteiger partial charge in [0.15, 0.2) is 0 Å². The topological polar surface area (TPSA) is 134 Å². The van der Waals surface area contributed by atoms with E-state index in [1.807, 2.05) is 5.32 Å². The lowest BCUT2D eigenvalue weighted by atomic mass is 10.3. The van der Waals surface area contributed by atoms with Gasteiger partial charge in [-0.2, -0.15) is 0 Å². The van der Waals surface area contributed by atoms with Crippen molar-refractivity contribution in [3.8, 4) is 0 Å². The molecule has 1 unspecified atom stereocenters. The van der Waals surface area contributed by atoms with E-state index in [0.717, 1.165) is 0 Å². The van der Waals surface area contributed by atoms with Gasteiger partial charge in [-0.15, -0.1) is 0 Å². The Bertz CT molecular complexity index is 369. The molecule has 0 radical (unpaired) electrons. The van der Waals surface area contributed by atoms with Crippen molar-refractivity contribution < 1.29 is 29.0 Å². The molecule has 1 rings (SSSR count). The number of nitrogens with one attached hydrogen (secondary N) is 3. The minimum Gasteiger partial charge on any atom is -0.480 e. The summed E-state index contributed by atoms with van der Waals surface area (Å²) in [5.41, 5.74) is 0. The zero-order valence-corrected chi connectivity index (χ0v) is 9.39. The molecule has 0 bridgehead atoms. The molecule has 1 atom stereocenters. The SMILES string of the molecule is O=C(O)COCC(=O)NC(=O)NC1CNC(=O)C1. The Morgan fingerprint density at radius 3 is 2.67 bits per heavy atom. The molecule has 0 aliphatic carbocycles. The summed E-state index contributed by atoms with van der Waals surface area (Å²) in [4.78, 5) is 43.3. The number of carbonyl (C=O) groups excluding carboxylic acids is 3. The maximum atomic E-state index is 11.3. The van der Waals surface area contributed by atoms with Gasteiger partial charge < -0.3 is 20.5 Å². The van der Waals surface area contributed by atoms with Crippen LogP contribution in [0.5, 0.6) is 0 Å². The van der Waals surface area contributed by atoms with Crippen LogP contribution in [-0.4, -0.2) is 54.7 Å². The number of urea groups is 1. The first-order chi connectivity index (χ1) is 8.47. The van der Waals surface area contributed by atoms with Gasteiger partial charge >= 0.3 is 12.0 Å². The van der Waals surface area contributed by atoms with Gasteiger partial charge in [-0.05, 0) is 0 Å². The lowest BCUT2D eigenvalue weighted by Gasteiger charge is -2.10. The molecule has 1 heterocycles. The van der Waals surface area contributed by atoms with Gasteiger partial charge in [-0.3, -0.25) is 14.9 Å². The average molecular weight is 259 g/mol. The number of aliphatic carboxylic acids is 1. The molecule has 1 saturated heterocycles. The van der Waals surface area contributed by atoms with Crippen molar-refractivity contribution in [1.29, 1.82) is 0 Å².